The number of hydrogen-bond acceptors (Lipinski definition) is 13. The van der Waals surface area contributed by atoms with Crippen LogP contribution in [0.1, 0.15) is 60.8 Å². The number of methoxy groups -OCH3 is 2. The van der Waals surface area contributed by atoms with E-state index in [1.165, 1.54) is 18.8 Å². The van der Waals surface area contributed by atoms with Crippen LogP contribution < -0.4 is 33.8 Å². The van der Waals surface area contributed by atoms with E-state index in [9.17, 15) is 19.2 Å². The molecular weight excluding hydrogens is 831 g/mol. The van der Waals surface area contributed by atoms with Crippen molar-refractivity contribution in [3.63, 3.8) is 0 Å². The maximum Gasteiger partial charge on any atom is 0.343 e. The summed E-state index contributed by atoms with van der Waals surface area (Å²) in [6, 6.07) is 14.6. The number of benzene rings is 3. The van der Waals surface area contributed by atoms with Gasteiger partial charge in [-0.2, -0.15) is 0 Å². The van der Waals surface area contributed by atoms with Crippen LogP contribution in [0.5, 0.6) is 23.0 Å². The highest BCUT2D eigenvalue weighted by atomic mass is 127. The molecule has 54 heavy (non-hydrogen) atoms. The lowest BCUT2D eigenvalue weighted by molar-refractivity contribution is -0.143. The molecule has 4 aromatic rings. The molecule has 0 aliphatic carbocycles. The lowest BCUT2D eigenvalue weighted by Gasteiger charge is -2.25. The van der Waals surface area contributed by atoms with Gasteiger partial charge in [-0.05, 0) is 104 Å². The largest absolute Gasteiger partial charge is 0.493 e. The van der Waals surface area contributed by atoms with Gasteiger partial charge in [-0.3, -0.25) is 9.36 Å². The number of allylic oxidation sites excluding steroid dienone is 1. The monoisotopic (exact) mass is 870 g/mol. The van der Waals surface area contributed by atoms with E-state index in [1.54, 1.807) is 76.2 Å². The minimum absolute atomic E-state index is 0.115. The predicted molar refractivity (Wildman–Crippen MR) is 208 cm³/mol. The molecule has 1 aliphatic heterocycles. The molecular formula is C39H39IN2O11S. The van der Waals surface area contributed by atoms with E-state index in [4.69, 9.17) is 33.2 Å². The van der Waals surface area contributed by atoms with E-state index in [0.29, 0.717) is 49.0 Å². The van der Waals surface area contributed by atoms with Gasteiger partial charge < -0.3 is 33.2 Å². The molecule has 0 radical (unpaired) electrons. The second-order valence-corrected chi connectivity index (χ2v) is 13.8. The van der Waals surface area contributed by atoms with Crippen molar-refractivity contribution < 1.29 is 47.5 Å². The maximum atomic E-state index is 14.5. The van der Waals surface area contributed by atoms with E-state index < -0.39 is 29.5 Å². The van der Waals surface area contributed by atoms with Crippen molar-refractivity contribution >= 4 is 57.9 Å². The molecule has 284 valence electrons. The lowest BCUT2D eigenvalue weighted by Crippen LogP contribution is -2.40. The highest BCUT2D eigenvalue weighted by Gasteiger charge is 2.34. The number of aromatic nitrogens is 1. The molecule has 5 rings (SSSR count). The fraction of sp³-hybridized carbons (Fsp3) is 0.308. The van der Waals surface area contributed by atoms with Crippen molar-refractivity contribution in [2.45, 2.75) is 40.3 Å². The quantitative estimate of drug-likeness (QED) is 0.0891. The summed E-state index contributed by atoms with van der Waals surface area (Å²) in [6.07, 6.45) is 1.71. The number of rotatable bonds is 15. The van der Waals surface area contributed by atoms with Gasteiger partial charge in [0.15, 0.2) is 34.4 Å². The van der Waals surface area contributed by atoms with E-state index in [-0.39, 0.29) is 44.4 Å². The van der Waals surface area contributed by atoms with Crippen molar-refractivity contribution in [1.29, 1.82) is 0 Å². The topological polar surface area (TPSA) is 150 Å². The molecule has 2 heterocycles. The van der Waals surface area contributed by atoms with Gasteiger partial charge in [0.05, 0.1) is 61.4 Å². The summed E-state index contributed by atoms with van der Waals surface area (Å²) >= 11 is 3.33. The Morgan fingerprint density at radius 2 is 1.59 bits per heavy atom. The molecule has 0 N–H and O–H groups in total. The van der Waals surface area contributed by atoms with Crippen molar-refractivity contribution in [2.75, 3.05) is 40.6 Å². The Morgan fingerprint density at radius 3 is 2.26 bits per heavy atom. The van der Waals surface area contributed by atoms with E-state index in [0.717, 1.165) is 20.5 Å². The molecule has 0 saturated carbocycles. The first-order chi connectivity index (χ1) is 26.0. The summed E-state index contributed by atoms with van der Waals surface area (Å²) in [5, 5.41) is 0. The Balaban J connectivity index is 1.60. The number of ether oxygens (including phenoxy) is 7. The summed E-state index contributed by atoms with van der Waals surface area (Å²) in [5.41, 5.74) is 2.52. The molecule has 0 amide bonds. The second kappa shape index (κ2) is 18.2. The van der Waals surface area contributed by atoms with Crippen molar-refractivity contribution in [1.82, 2.24) is 4.57 Å². The Morgan fingerprint density at radius 1 is 0.870 bits per heavy atom. The number of carbonyl (C=O) groups excluding carboxylic acids is 3. The van der Waals surface area contributed by atoms with Crippen LogP contribution in [0.25, 0.3) is 6.08 Å². The first-order valence-corrected chi connectivity index (χ1v) is 18.8. The molecule has 1 aromatic heterocycles. The molecule has 3 aromatic carbocycles. The molecule has 0 bridgehead atoms. The minimum Gasteiger partial charge on any atom is -0.493 e. The molecule has 1 atom stereocenters. The van der Waals surface area contributed by atoms with Gasteiger partial charge >= 0.3 is 17.9 Å². The summed E-state index contributed by atoms with van der Waals surface area (Å²) in [7, 11) is 2.80. The van der Waals surface area contributed by atoms with Crippen molar-refractivity contribution in [2.24, 2.45) is 4.99 Å². The fourth-order valence-electron chi connectivity index (χ4n) is 5.64. The zero-order valence-electron chi connectivity index (χ0n) is 30.6. The zero-order valence-corrected chi connectivity index (χ0v) is 33.5. The van der Waals surface area contributed by atoms with Crippen LogP contribution in [0.2, 0.25) is 0 Å². The maximum absolute atomic E-state index is 14.5. The molecule has 1 aliphatic rings. The summed E-state index contributed by atoms with van der Waals surface area (Å²) in [5.74, 6) is -0.135. The van der Waals surface area contributed by atoms with Gasteiger partial charge in [0.1, 0.15) is 6.61 Å². The third-order valence-corrected chi connectivity index (χ3v) is 9.68. The molecule has 15 heteroatoms. The Labute approximate surface area is 328 Å². The Hall–Kier alpha value is -5.16. The summed E-state index contributed by atoms with van der Waals surface area (Å²) in [4.78, 5) is 56.9. The van der Waals surface area contributed by atoms with Crippen LogP contribution in [0.4, 0.5) is 0 Å². The number of fused-ring (bicyclic) bond motifs is 1. The Kier molecular flexibility index (Phi) is 13.5. The van der Waals surface area contributed by atoms with E-state index in [1.807, 2.05) is 12.1 Å². The van der Waals surface area contributed by atoms with Gasteiger partial charge in [0.2, 0.25) is 0 Å². The van der Waals surface area contributed by atoms with Gasteiger partial charge in [0, 0.05) is 9.13 Å². The number of nitrogens with zero attached hydrogens (tertiary/aromatic N) is 2. The predicted octanol–water partition coefficient (Wildman–Crippen LogP) is 5.12. The average molecular weight is 871 g/mol. The van der Waals surface area contributed by atoms with Gasteiger partial charge in [0.25, 0.3) is 5.56 Å². The van der Waals surface area contributed by atoms with Crippen molar-refractivity contribution in [3.8, 4) is 23.0 Å². The number of esters is 3. The number of thiazole rings is 1. The fourth-order valence-corrected chi connectivity index (χ4v) is 7.29. The van der Waals surface area contributed by atoms with E-state index in [2.05, 4.69) is 27.6 Å². The van der Waals surface area contributed by atoms with Crippen LogP contribution in [0, 0.1) is 3.57 Å². The number of hydrogen-bond donors (Lipinski definition) is 0. The zero-order chi connectivity index (χ0) is 38.9. The second-order valence-electron chi connectivity index (χ2n) is 11.5. The smallest absolute Gasteiger partial charge is 0.343 e. The summed E-state index contributed by atoms with van der Waals surface area (Å²) in [6.45, 7) is 7.43. The highest BCUT2D eigenvalue weighted by Crippen LogP contribution is 2.37. The molecule has 0 spiro atoms. The van der Waals surface area contributed by atoms with Crippen LogP contribution in [-0.4, -0.2) is 63.1 Å². The molecule has 13 nitrogen and oxygen atoms in total. The van der Waals surface area contributed by atoms with Crippen LogP contribution in [0.3, 0.4) is 0 Å². The number of carbonyl (C=O) groups is 3. The van der Waals surface area contributed by atoms with Gasteiger partial charge in [-0.25, -0.2) is 19.4 Å². The van der Waals surface area contributed by atoms with Gasteiger partial charge in [-0.15, -0.1) is 0 Å². The average Bonchev–Trinajstić information content (AvgIpc) is 3.46. The van der Waals surface area contributed by atoms with Gasteiger partial charge in [-0.1, -0.05) is 29.5 Å². The normalized spacial score (nSPS) is 13.8. The van der Waals surface area contributed by atoms with E-state index >= 15 is 0 Å². The standard InChI is InChI=1S/C39H39IN2O11S/c1-7-49-29-17-25(14-15-28(29)52-21-32(43)48-6)34-33(38(46)51-9-3)22(4)41-39-42(34)36(44)31(54-39)18-26-16-27(40)19-30(47-5)35(26)53-20-23-10-12-24(13-11-23)37(45)50-8-2/h10-19,34H,7-9,20-21H2,1-6H3/b31-18+/t34-/m1/s1. The first-order valence-electron chi connectivity index (χ1n) is 17.0. The van der Waals surface area contributed by atoms with Crippen molar-refractivity contribution in [3.05, 3.63) is 111 Å². The third-order valence-electron chi connectivity index (χ3n) is 8.08. The third kappa shape index (κ3) is 8.95. The molecule has 0 unspecified atom stereocenters. The minimum atomic E-state index is -0.935. The lowest BCUT2D eigenvalue weighted by atomic mass is 9.95. The highest BCUT2D eigenvalue weighted by molar-refractivity contribution is 14.1. The van der Waals surface area contributed by atoms with Crippen LogP contribution in [0.15, 0.2) is 75.7 Å². The molecule has 0 fully saturated rings. The van der Waals surface area contributed by atoms with Crippen LogP contribution >= 0.6 is 33.9 Å². The SMILES string of the molecule is CCOC(=O)C1=C(C)N=c2s/c(=C/c3cc(I)cc(OC)c3OCc3ccc(C(=O)OCC)cc3)c(=O)n2[C@@H]1c1ccc(OCC(=O)OC)c(OCC)c1. The number of halogens is 1. The Bertz CT molecular complexity index is 2260. The summed E-state index contributed by atoms with van der Waals surface area (Å²) < 4.78 is 41.4. The van der Waals surface area contributed by atoms with Crippen LogP contribution in [-0.2, 0) is 30.4 Å². The first kappa shape index (κ1) is 40.0. The molecule has 0 saturated heterocycles.